The van der Waals surface area contributed by atoms with E-state index in [-0.39, 0.29) is 0 Å². The molecule has 1 saturated carbocycles. The van der Waals surface area contributed by atoms with E-state index >= 15 is 0 Å². The topological polar surface area (TPSA) is 43.6 Å². The van der Waals surface area contributed by atoms with Gasteiger partial charge >= 0.3 is 0 Å². The summed E-state index contributed by atoms with van der Waals surface area (Å²) < 4.78 is 2.23. The van der Waals surface area contributed by atoms with E-state index in [0.717, 1.165) is 22.8 Å². The third-order valence-corrected chi connectivity index (χ3v) is 3.60. The molecule has 2 atom stereocenters. The van der Waals surface area contributed by atoms with Crippen LogP contribution in [0.3, 0.4) is 0 Å². The van der Waals surface area contributed by atoms with Crippen LogP contribution in [0.15, 0.2) is 12.7 Å². The van der Waals surface area contributed by atoms with Gasteiger partial charge in [-0.05, 0) is 32.1 Å². The van der Waals surface area contributed by atoms with Crippen LogP contribution < -0.4 is 0 Å². The maximum atomic E-state index is 4.43. The van der Waals surface area contributed by atoms with Gasteiger partial charge in [-0.1, -0.05) is 6.92 Å². The quantitative estimate of drug-likeness (QED) is 0.735. The fourth-order valence-corrected chi connectivity index (χ4v) is 2.67. The second kappa shape index (κ2) is 3.54. The van der Waals surface area contributed by atoms with Crippen molar-refractivity contribution in [3.8, 4) is 0 Å². The molecule has 4 nitrogen and oxygen atoms in total. The lowest BCUT2D eigenvalue weighted by Gasteiger charge is -2.11. The van der Waals surface area contributed by atoms with Crippen LogP contribution in [0.4, 0.5) is 0 Å². The Balaban J connectivity index is 2.08. The molecule has 0 N–H and O–H groups in total. The summed E-state index contributed by atoms with van der Waals surface area (Å²) in [7, 11) is 0. The highest BCUT2D eigenvalue weighted by Gasteiger charge is 2.24. The first-order chi connectivity index (χ1) is 7.75. The van der Waals surface area contributed by atoms with Crippen LogP contribution in [0, 0.1) is 12.8 Å². The number of nitrogens with zero attached hydrogens (tertiary/aromatic N) is 4. The van der Waals surface area contributed by atoms with E-state index in [4.69, 9.17) is 0 Å². The zero-order valence-electron chi connectivity index (χ0n) is 9.72. The molecule has 0 spiro atoms. The highest BCUT2D eigenvalue weighted by atomic mass is 15.1. The highest BCUT2D eigenvalue weighted by molar-refractivity contribution is 5.72. The third kappa shape index (κ3) is 1.40. The average Bonchev–Trinajstić information content (AvgIpc) is 2.84. The van der Waals surface area contributed by atoms with E-state index in [1.807, 2.05) is 13.3 Å². The van der Waals surface area contributed by atoms with Crippen molar-refractivity contribution in [2.75, 3.05) is 0 Å². The van der Waals surface area contributed by atoms with Crippen molar-refractivity contribution < 1.29 is 0 Å². The molecule has 0 bridgehead atoms. The van der Waals surface area contributed by atoms with Gasteiger partial charge in [0.15, 0.2) is 5.65 Å². The number of rotatable bonds is 1. The van der Waals surface area contributed by atoms with Crippen LogP contribution in [-0.4, -0.2) is 19.5 Å². The molecule has 0 aliphatic heterocycles. The van der Waals surface area contributed by atoms with Gasteiger partial charge in [-0.25, -0.2) is 15.0 Å². The van der Waals surface area contributed by atoms with Crippen molar-refractivity contribution in [3.05, 3.63) is 18.3 Å². The van der Waals surface area contributed by atoms with Gasteiger partial charge < -0.3 is 4.57 Å². The summed E-state index contributed by atoms with van der Waals surface area (Å²) >= 11 is 0. The van der Waals surface area contributed by atoms with E-state index in [0.29, 0.717) is 6.04 Å². The molecule has 0 saturated heterocycles. The molecule has 1 aliphatic carbocycles. The molecule has 1 aliphatic rings. The predicted octanol–water partition coefficient (Wildman–Crippen LogP) is 2.50. The van der Waals surface area contributed by atoms with Gasteiger partial charge in [0.05, 0.1) is 12.0 Å². The standard InChI is InChI=1S/C12H16N4/c1-8-3-4-10(5-8)16-7-15-11-9(2)13-6-14-12(11)16/h6-8,10H,3-5H2,1-2H3. The van der Waals surface area contributed by atoms with Gasteiger partial charge in [0.2, 0.25) is 0 Å². The molecule has 0 radical (unpaired) electrons. The first-order valence-corrected chi connectivity index (χ1v) is 5.90. The third-order valence-electron chi connectivity index (χ3n) is 3.60. The van der Waals surface area contributed by atoms with Crippen LogP contribution in [-0.2, 0) is 0 Å². The summed E-state index contributed by atoms with van der Waals surface area (Å²) in [6.45, 7) is 4.30. The minimum Gasteiger partial charge on any atom is -0.312 e. The van der Waals surface area contributed by atoms with E-state index in [2.05, 4.69) is 26.4 Å². The van der Waals surface area contributed by atoms with E-state index in [9.17, 15) is 0 Å². The summed E-state index contributed by atoms with van der Waals surface area (Å²) in [5.41, 5.74) is 2.91. The molecule has 0 aromatic carbocycles. The van der Waals surface area contributed by atoms with Crippen molar-refractivity contribution in [1.82, 2.24) is 19.5 Å². The van der Waals surface area contributed by atoms with Gasteiger partial charge in [-0.15, -0.1) is 0 Å². The van der Waals surface area contributed by atoms with Gasteiger partial charge in [-0.2, -0.15) is 0 Å². The maximum absolute atomic E-state index is 4.43. The first-order valence-electron chi connectivity index (χ1n) is 5.90. The average molecular weight is 216 g/mol. The molecule has 84 valence electrons. The van der Waals surface area contributed by atoms with Gasteiger partial charge in [-0.3, -0.25) is 0 Å². The van der Waals surface area contributed by atoms with Crippen LogP contribution in [0.5, 0.6) is 0 Å². The Bertz CT molecular complexity index is 517. The summed E-state index contributed by atoms with van der Waals surface area (Å²) in [5.74, 6) is 0.824. The number of aryl methyl sites for hydroxylation is 1. The normalized spacial score (nSPS) is 25.4. The molecule has 3 rings (SSSR count). The number of hydrogen-bond donors (Lipinski definition) is 0. The van der Waals surface area contributed by atoms with E-state index < -0.39 is 0 Å². The lowest BCUT2D eigenvalue weighted by molar-refractivity contribution is 0.502. The molecule has 2 aromatic heterocycles. The lowest BCUT2D eigenvalue weighted by Crippen LogP contribution is -2.04. The smallest absolute Gasteiger partial charge is 0.163 e. The van der Waals surface area contributed by atoms with Crippen LogP contribution in [0.2, 0.25) is 0 Å². The van der Waals surface area contributed by atoms with Gasteiger partial charge in [0.25, 0.3) is 0 Å². The SMILES string of the molecule is Cc1ncnc2c1ncn2C1CCC(C)C1. The summed E-state index contributed by atoms with van der Waals surface area (Å²) in [4.78, 5) is 13.0. The molecular formula is C12H16N4. The Hall–Kier alpha value is -1.45. The Morgan fingerprint density at radius 1 is 1.25 bits per heavy atom. The fraction of sp³-hybridized carbons (Fsp3) is 0.583. The van der Waals surface area contributed by atoms with Crippen molar-refractivity contribution in [2.24, 2.45) is 5.92 Å². The predicted molar refractivity (Wildman–Crippen MR) is 62.1 cm³/mol. The molecular weight excluding hydrogens is 200 g/mol. The molecule has 2 aromatic rings. The zero-order valence-corrected chi connectivity index (χ0v) is 9.72. The van der Waals surface area contributed by atoms with Crippen molar-refractivity contribution in [2.45, 2.75) is 39.2 Å². The molecule has 2 heterocycles. The molecule has 1 fully saturated rings. The van der Waals surface area contributed by atoms with Crippen LogP contribution >= 0.6 is 0 Å². The first kappa shape index (κ1) is 9.75. The number of hydrogen-bond acceptors (Lipinski definition) is 3. The Kier molecular flexibility index (Phi) is 2.16. The molecule has 0 amide bonds. The lowest BCUT2D eigenvalue weighted by atomic mass is 10.1. The summed E-state index contributed by atoms with van der Waals surface area (Å²) in [6, 6.07) is 0.578. The number of fused-ring (bicyclic) bond motifs is 1. The number of aromatic nitrogens is 4. The highest BCUT2D eigenvalue weighted by Crippen LogP contribution is 2.35. The fourth-order valence-electron chi connectivity index (χ4n) is 2.67. The Morgan fingerprint density at radius 2 is 2.12 bits per heavy atom. The van der Waals surface area contributed by atoms with Crippen molar-refractivity contribution >= 4 is 11.2 Å². The van der Waals surface area contributed by atoms with E-state index in [1.165, 1.54) is 19.3 Å². The van der Waals surface area contributed by atoms with Crippen molar-refractivity contribution in [1.29, 1.82) is 0 Å². The molecule has 16 heavy (non-hydrogen) atoms. The summed E-state index contributed by atoms with van der Waals surface area (Å²) in [5, 5.41) is 0. The second-order valence-corrected chi connectivity index (χ2v) is 4.86. The van der Waals surface area contributed by atoms with Crippen molar-refractivity contribution in [3.63, 3.8) is 0 Å². The Labute approximate surface area is 94.7 Å². The van der Waals surface area contributed by atoms with Crippen LogP contribution in [0.25, 0.3) is 11.2 Å². The number of imidazole rings is 1. The molecule has 2 unspecified atom stereocenters. The maximum Gasteiger partial charge on any atom is 0.163 e. The largest absolute Gasteiger partial charge is 0.312 e. The minimum atomic E-state index is 0.578. The zero-order chi connectivity index (χ0) is 11.1. The van der Waals surface area contributed by atoms with E-state index in [1.54, 1.807) is 6.33 Å². The minimum absolute atomic E-state index is 0.578. The monoisotopic (exact) mass is 216 g/mol. The van der Waals surface area contributed by atoms with Gasteiger partial charge in [0.1, 0.15) is 11.8 Å². The van der Waals surface area contributed by atoms with Gasteiger partial charge in [0, 0.05) is 6.04 Å². The van der Waals surface area contributed by atoms with Crippen LogP contribution in [0.1, 0.15) is 37.9 Å². The Morgan fingerprint density at radius 3 is 2.88 bits per heavy atom. The molecule has 4 heteroatoms. The second-order valence-electron chi connectivity index (χ2n) is 4.86. The summed E-state index contributed by atoms with van der Waals surface area (Å²) in [6.07, 6.45) is 7.36.